The van der Waals surface area contributed by atoms with E-state index in [-0.39, 0.29) is 10.8 Å². The van der Waals surface area contributed by atoms with Crippen LogP contribution in [0.2, 0.25) is 0 Å². The third kappa shape index (κ3) is 2.71. The van der Waals surface area contributed by atoms with Crippen molar-refractivity contribution in [3.8, 4) is 0 Å². The molecule has 1 saturated heterocycles. The van der Waals surface area contributed by atoms with Gasteiger partial charge in [-0.1, -0.05) is 0 Å². The maximum absolute atomic E-state index is 13.8. The number of hydrogen-bond acceptors (Lipinski definition) is 5. The first-order valence-electron chi connectivity index (χ1n) is 5.68. The molecule has 4 atom stereocenters. The molecule has 1 aliphatic rings. The summed E-state index contributed by atoms with van der Waals surface area (Å²) in [5.41, 5.74) is -4.71. The summed E-state index contributed by atoms with van der Waals surface area (Å²) in [4.78, 5) is 24.0. The lowest BCUT2D eigenvalue weighted by atomic mass is 10.1. The summed E-state index contributed by atoms with van der Waals surface area (Å²) in [6.45, 7) is -0.789. The molecule has 1 aromatic rings. The van der Waals surface area contributed by atoms with Crippen LogP contribution in [0.4, 0.5) is 17.6 Å². The second-order valence-electron chi connectivity index (χ2n) is 4.39. The smallest absolute Gasteiger partial charge is 0.394 e. The van der Waals surface area contributed by atoms with Gasteiger partial charge in [0.1, 0.15) is 17.8 Å². The minimum absolute atomic E-state index is 0.116. The molecule has 1 fully saturated rings. The maximum atomic E-state index is 13.8. The summed E-state index contributed by atoms with van der Waals surface area (Å²) in [7, 11) is 0. The third-order valence-electron chi connectivity index (χ3n) is 3.02. The van der Waals surface area contributed by atoms with Crippen LogP contribution in [0.3, 0.4) is 0 Å². The topological polar surface area (TPSA) is 105 Å². The fourth-order valence-electron chi connectivity index (χ4n) is 1.95. The highest BCUT2D eigenvalue weighted by atomic mass is 19.4. The van der Waals surface area contributed by atoms with Crippen molar-refractivity contribution in [2.75, 3.05) is 6.61 Å². The van der Waals surface area contributed by atoms with Gasteiger partial charge in [-0.15, -0.1) is 0 Å². The van der Waals surface area contributed by atoms with E-state index in [9.17, 15) is 32.3 Å². The predicted octanol–water partition coefficient (Wildman–Crippen LogP) is -0.856. The average Bonchev–Trinajstić information content (AvgIpc) is 2.65. The molecule has 0 unspecified atom stereocenters. The average molecular weight is 314 g/mol. The SMILES string of the molecule is O=c1[nH]c(=O)n([C@@H]2O[C@H](CO)[C@H](O)[C@@H]2F)cc1C(F)(F)F. The minimum atomic E-state index is -5.05. The first-order valence-corrected chi connectivity index (χ1v) is 5.68. The summed E-state index contributed by atoms with van der Waals surface area (Å²) in [6.07, 6.45) is -12.3. The highest BCUT2D eigenvalue weighted by Gasteiger charge is 2.46. The number of aliphatic hydroxyl groups excluding tert-OH is 2. The van der Waals surface area contributed by atoms with Crippen LogP contribution in [0.5, 0.6) is 0 Å². The Morgan fingerprint density at radius 1 is 1.38 bits per heavy atom. The Kier molecular flexibility index (Phi) is 3.91. The lowest BCUT2D eigenvalue weighted by Gasteiger charge is -2.17. The highest BCUT2D eigenvalue weighted by Crippen LogP contribution is 2.32. The van der Waals surface area contributed by atoms with E-state index in [1.165, 1.54) is 4.98 Å². The van der Waals surface area contributed by atoms with Crippen molar-refractivity contribution in [2.45, 2.75) is 30.8 Å². The molecule has 0 aliphatic carbocycles. The summed E-state index contributed by atoms with van der Waals surface area (Å²) in [6, 6.07) is 0. The van der Waals surface area contributed by atoms with Gasteiger partial charge in [-0.2, -0.15) is 13.2 Å². The molecule has 1 aromatic heterocycles. The molecule has 0 aromatic carbocycles. The highest BCUT2D eigenvalue weighted by molar-refractivity contribution is 5.10. The van der Waals surface area contributed by atoms with Gasteiger partial charge in [-0.05, 0) is 0 Å². The molecule has 1 aliphatic heterocycles. The van der Waals surface area contributed by atoms with E-state index < -0.39 is 54.2 Å². The monoisotopic (exact) mass is 314 g/mol. The molecule has 0 saturated carbocycles. The van der Waals surface area contributed by atoms with Crippen LogP contribution in [0.25, 0.3) is 0 Å². The van der Waals surface area contributed by atoms with Crippen LogP contribution in [-0.2, 0) is 10.9 Å². The van der Waals surface area contributed by atoms with E-state index >= 15 is 0 Å². The van der Waals surface area contributed by atoms with Crippen LogP contribution < -0.4 is 11.2 Å². The van der Waals surface area contributed by atoms with Gasteiger partial charge in [0.25, 0.3) is 5.56 Å². The molecule has 2 heterocycles. The number of aromatic amines is 1. The molecule has 0 radical (unpaired) electrons. The number of nitrogens with zero attached hydrogens (tertiary/aromatic N) is 1. The molecule has 0 spiro atoms. The number of ether oxygens (including phenoxy) is 1. The Balaban J connectivity index is 2.50. The van der Waals surface area contributed by atoms with Crippen molar-refractivity contribution in [1.29, 1.82) is 0 Å². The first kappa shape index (κ1) is 15.7. The van der Waals surface area contributed by atoms with E-state index in [2.05, 4.69) is 0 Å². The molecule has 2 rings (SSSR count). The Hall–Kier alpha value is -1.72. The zero-order chi connectivity index (χ0) is 15.9. The number of aromatic nitrogens is 2. The number of nitrogens with one attached hydrogen (secondary N) is 1. The van der Waals surface area contributed by atoms with Gasteiger partial charge in [-0.3, -0.25) is 14.3 Å². The number of aliphatic hydroxyl groups is 2. The summed E-state index contributed by atoms with van der Waals surface area (Å²) >= 11 is 0. The van der Waals surface area contributed by atoms with Gasteiger partial charge in [0.15, 0.2) is 12.4 Å². The molecule has 0 amide bonds. The molecule has 21 heavy (non-hydrogen) atoms. The van der Waals surface area contributed by atoms with Crippen molar-refractivity contribution in [3.05, 3.63) is 32.6 Å². The Labute approximate surface area is 113 Å². The van der Waals surface area contributed by atoms with Gasteiger partial charge in [0, 0.05) is 6.20 Å². The fourth-order valence-corrected chi connectivity index (χ4v) is 1.95. The quantitative estimate of drug-likeness (QED) is 0.617. The Morgan fingerprint density at radius 2 is 2.00 bits per heavy atom. The Morgan fingerprint density at radius 3 is 2.48 bits per heavy atom. The fraction of sp³-hybridized carbons (Fsp3) is 0.600. The van der Waals surface area contributed by atoms with E-state index in [0.717, 1.165) is 0 Å². The molecule has 7 nitrogen and oxygen atoms in total. The van der Waals surface area contributed by atoms with Crippen molar-refractivity contribution in [2.24, 2.45) is 0 Å². The lowest BCUT2D eigenvalue weighted by Crippen LogP contribution is -2.39. The molecule has 11 heteroatoms. The molecule has 0 bridgehead atoms. The van der Waals surface area contributed by atoms with Crippen LogP contribution in [0, 0.1) is 0 Å². The Bertz CT molecular complexity index is 640. The van der Waals surface area contributed by atoms with E-state index in [0.29, 0.717) is 0 Å². The van der Waals surface area contributed by atoms with Crippen LogP contribution in [0.1, 0.15) is 11.8 Å². The van der Waals surface area contributed by atoms with Crippen molar-refractivity contribution >= 4 is 0 Å². The largest absolute Gasteiger partial charge is 0.423 e. The van der Waals surface area contributed by atoms with Crippen molar-refractivity contribution < 1.29 is 32.5 Å². The van der Waals surface area contributed by atoms with Crippen LogP contribution in [0.15, 0.2) is 15.8 Å². The minimum Gasteiger partial charge on any atom is -0.394 e. The van der Waals surface area contributed by atoms with Gasteiger partial charge in [0.05, 0.1) is 6.61 Å². The van der Waals surface area contributed by atoms with Crippen LogP contribution >= 0.6 is 0 Å². The third-order valence-corrected chi connectivity index (χ3v) is 3.02. The van der Waals surface area contributed by atoms with Crippen LogP contribution in [-0.4, -0.2) is 44.8 Å². The second-order valence-corrected chi connectivity index (χ2v) is 4.39. The van der Waals surface area contributed by atoms with Gasteiger partial charge >= 0.3 is 11.9 Å². The number of halogens is 4. The number of hydrogen-bond donors (Lipinski definition) is 3. The number of alkyl halides is 4. The van der Waals surface area contributed by atoms with E-state index in [1.807, 2.05) is 0 Å². The van der Waals surface area contributed by atoms with E-state index in [1.54, 1.807) is 0 Å². The number of rotatable bonds is 2. The van der Waals surface area contributed by atoms with Gasteiger partial charge < -0.3 is 14.9 Å². The zero-order valence-electron chi connectivity index (χ0n) is 10.2. The second kappa shape index (κ2) is 5.24. The van der Waals surface area contributed by atoms with Gasteiger partial charge in [0.2, 0.25) is 0 Å². The number of H-pyrrole nitrogens is 1. The molecular formula is C10H10F4N2O5. The zero-order valence-corrected chi connectivity index (χ0v) is 10.2. The molecule has 118 valence electrons. The van der Waals surface area contributed by atoms with E-state index in [4.69, 9.17) is 9.84 Å². The van der Waals surface area contributed by atoms with Crippen molar-refractivity contribution in [1.82, 2.24) is 9.55 Å². The molecule has 3 N–H and O–H groups in total. The van der Waals surface area contributed by atoms with Crippen molar-refractivity contribution in [3.63, 3.8) is 0 Å². The molecular weight excluding hydrogens is 304 g/mol. The standard InChI is InChI=1S/C10H10F4N2O5/c11-5-6(18)4(2-17)21-8(5)16-1-3(10(12,13)14)7(19)15-9(16)20/h1,4-6,8,17-18H,2H2,(H,15,19,20)/t4-,5+,6+,8-/m1/s1. The summed E-state index contributed by atoms with van der Waals surface area (Å²) in [5.74, 6) is 0. The lowest BCUT2D eigenvalue weighted by molar-refractivity contribution is -0.139. The maximum Gasteiger partial charge on any atom is 0.423 e. The normalized spacial score (nSPS) is 29.8. The first-order chi connectivity index (χ1) is 9.66. The predicted molar refractivity (Wildman–Crippen MR) is 58.2 cm³/mol. The summed E-state index contributed by atoms with van der Waals surface area (Å²) in [5, 5.41) is 18.2. The van der Waals surface area contributed by atoms with Gasteiger partial charge in [-0.25, -0.2) is 9.18 Å². The summed E-state index contributed by atoms with van der Waals surface area (Å²) < 4.78 is 56.6.